The molecule has 2 aromatic carbocycles. The monoisotopic (exact) mass is 372 g/mol. The van der Waals surface area contributed by atoms with E-state index in [4.69, 9.17) is 11.6 Å². The third kappa shape index (κ3) is 4.19. The fraction of sp³-hybridized carbons (Fsp3) is 0.381. The number of piperidine rings is 1. The Kier molecular flexibility index (Phi) is 5.84. The molecule has 5 heteroatoms. The molecule has 0 saturated carbocycles. The molecule has 1 saturated heterocycles. The van der Waals surface area contributed by atoms with E-state index in [1.165, 1.54) is 11.1 Å². The van der Waals surface area contributed by atoms with Gasteiger partial charge in [0.2, 0.25) is 0 Å². The maximum atomic E-state index is 11.3. The number of carbonyl (C=O) groups is 1. The third-order valence-corrected chi connectivity index (χ3v) is 5.41. The molecule has 3 rings (SSSR count). The van der Waals surface area contributed by atoms with Gasteiger partial charge < -0.3 is 10.0 Å². The Morgan fingerprint density at radius 2 is 1.54 bits per heavy atom. The molecule has 0 spiro atoms. The largest absolute Gasteiger partial charge is 0.481 e. The van der Waals surface area contributed by atoms with Gasteiger partial charge in [0.15, 0.2) is 0 Å². The SMILES string of the molecule is CN(C)c1ccc(C(c2ccc(Cl)cc2)N2CCC(C(=O)O)CC2)cc1. The number of hydrogen-bond acceptors (Lipinski definition) is 3. The lowest BCUT2D eigenvalue weighted by atomic mass is 9.91. The van der Waals surface area contributed by atoms with Crippen molar-refractivity contribution in [1.82, 2.24) is 4.90 Å². The molecule has 138 valence electrons. The first-order valence-corrected chi connectivity index (χ1v) is 9.33. The maximum absolute atomic E-state index is 11.3. The minimum absolute atomic E-state index is 0.109. The van der Waals surface area contributed by atoms with E-state index in [1.807, 2.05) is 26.2 Å². The van der Waals surface area contributed by atoms with E-state index in [1.54, 1.807) is 0 Å². The van der Waals surface area contributed by atoms with Crippen LogP contribution in [-0.4, -0.2) is 43.2 Å². The highest BCUT2D eigenvalue weighted by atomic mass is 35.5. The number of nitrogens with zero attached hydrogens (tertiary/aromatic N) is 2. The summed E-state index contributed by atoms with van der Waals surface area (Å²) in [6.45, 7) is 1.55. The van der Waals surface area contributed by atoms with Crippen LogP contribution in [0.1, 0.15) is 30.0 Å². The van der Waals surface area contributed by atoms with Gasteiger partial charge in [-0.15, -0.1) is 0 Å². The molecule has 1 unspecified atom stereocenters. The first-order valence-electron chi connectivity index (χ1n) is 8.95. The quantitative estimate of drug-likeness (QED) is 0.850. The van der Waals surface area contributed by atoms with Gasteiger partial charge in [0.25, 0.3) is 0 Å². The molecule has 1 N–H and O–H groups in total. The van der Waals surface area contributed by atoms with Crippen LogP contribution in [0.25, 0.3) is 0 Å². The van der Waals surface area contributed by atoms with Gasteiger partial charge in [-0.25, -0.2) is 0 Å². The molecule has 1 atom stereocenters. The zero-order valence-electron chi connectivity index (χ0n) is 15.2. The first kappa shape index (κ1) is 18.7. The molecule has 26 heavy (non-hydrogen) atoms. The highest BCUT2D eigenvalue weighted by Gasteiger charge is 2.30. The number of halogens is 1. The van der Waals surface area contributed by atoms with E-state index < -0.39 is 5.97 Å². The van der Waals surface area contributed by atoms with Crippen LogP contribution >= 0.6 is 11.6 Å². The highest BCUT2D eigenvalue weighted by Crippen LogP contribution is 2.33. The first-order chi connectivity index (χ1) is 12.5. The second-order valence-electron chi connectivity index (χ2n) is 7.09. The number of carboxylic acids is 1. The Hall–Kier alpha value is -2.04. The second kappa shape index (κ2) is 8.11. The predicted octanol–water partition coefficient (Wildman–Crippen LogP) is 4.29. The van der Waals surface area contributed by atoms with Crippen molar-refractivity contribution in [3.05, 3.63) is 64.7 Å². The van der Waals surface area contributed by atoms with Crippen LogP contribution in [0.4, 0.5) is 5.69 Å². The average molecular weight is 373 g/mol. The number of carboxylic acid groups (broad SMARTS) is 1. The molecule has 4 nitrogen and oxygen atoms in total. The fourth-order valence-corrected chi connectivity index (χ4v) is 3.74. The van der Waals surface area contributed by atoms with Crippen molar-refractivity contribution in [2.24, 2.45) is 5.92 Å². The molecule has 0 bridgehead atoms. The van der Waals surface area contributed by atoms with E-state index in [0.29, 0.717) is 12.8 Å². The smallest absolute Gasteiger partial charge is 0.306 e. The van der Waals surface area contributed by atoms with E-state index in [0.717, 1.165) is 23.8 Å². The molecule has 1 aliphatic heterocycles. The van der Waals surface area contributed by atoms with Gasteiger partial charge in [-0.2, -0.15) is 0 Å². The molecule has 0 radical (unpaired) electrons. The molecule has 0 aliphatic carbocycles. The van der Waals surface area contributed by atoms with E-state index in [-0.39, 0.29) is 12.0 Å². The van der Waals surface area contributed by atoms with Crippen molar-refractivity contribution in [2.75, 3.05) is 32.1 Å². The lowest BCUT2D eigenvalue weighted by Gasteiger charge is -2.37. The fourth-order valence-electron chi connectivity index (χ4n) is 3.62. The molecular formula is C21H25ClN2O2. The topological polar surface area (TPSA) is 43.8 Å². The minimum atomic E-state index is -0.678. The normalized spacial score (nSPS) is 17.0. The van der Waals surface area contributed by atoms with Crippen LogP contribution in [0, 0.1) is 5.92 Å². The number of rotatable bonds is 5. The molecule has 1 heterocycles. The van der Waals surface area contributed by atoms with Crippen molar-refractivity contribution in [3.63, 3.8) is 0 Å². The summed E-state index contributed by atoms with van der Waals surface area (Å²) >= 11 is 6.07. The van der Waals surface area contributed by atoms with Gasteiger partial charge >= 0.3 is 5.97 Å². The van der Waals surface area contributed by atoms with Crippen LogP contribution in [0.3, 0.4) is 0 Å². The Balaban J connectivity index is 1.89. The highest BCUT2D eigenvalue weighted by molar-refractivity contribution is 6.30. The van der Waals surface area contributed by atoms with Crippen molar-refractivity contribution < 1.29 is 9.90 Å². The van der Waals surface area contributed by atoms with Gasteiger partial charge in [-0.05, 0) is 61.3 Å². The zero-order valence-corrected chi connectivity index (χ0v) is 16.0. The summed E-state index contributed by atoms with van der Waals surface area (Å²) in [6, 6.07) is 16.7. The van der Waals surface area contributed by atoms with E-state index in [2.05, 4.69) is 46.2 Å². The van der Waals surface area contributed by atoms with Gasteiger partial charge in [0.1, 0.15) is 0 Å². The summed E-state index contributed by atoms with van der Waals surface area (Å²) in [5.74, 6) is -0.906. The maximum Gasteiger partial charge on any atom is 0.306 e. The Morgan fingerprint density at radius 1 is 1.04 bits per heavy atom. The van der Waals surface area contributed by atoms with Gasteiger partial charge in [0.05, 0.1) is 12.0 Å². The van der Waals surface area contributed by atoms with Crippen LogP contribution in [0.5, 0.6) is 0 Å². The van der Waals surface area contributed by atoms with Crippen molar-refractivity contribution in [1.29, 1.82) is 0 Å². The van der Waals surface area contributed by atoms with Gasteiger partial charge in [0, 0.05) is 24.8 Å². The molecule has 1 aliphatic rings. The number of anilines is 1. The Morgan fingerprint density at radius 3 is 2.00 bits per heavy atom. The van der Waals surface area contributed by atoms with Crippen molar-refractivity contribution in [3.8, 4) is 0 Å². The standard InChI is InChI=1S/C21H25ClN2O2/c1-23(2)19-9-5-16(6-10-19)20(15-3-7-18(22)8-4-15)24-13-11-17(12-14-24)21(25)26/h3-10,17,20H,11-14H2,1-2H3,(H,25,26). The van der Waals surface area contributed by atoms with E-state index in [9.17, 15) is 9.90 Å². The summed E-state index contributed by atoms with van der Waals surface area (Å²) in [4.78, 5) is 15.7. The van der Waals surface area contributed by atoms with Crippen LogP contribution in [0.2, 0.25) is 5.02 Å². The summed E-state index contributed by atoms with van der Waals surface area (Å²) in [6.07, 6.45) is 1.38. The van der Waals surface area contributed by atoms with Crippen LogP contribution < -0.4 is 4.90 Å². The average Bonchev–Trinajstić information content (AvgIpc) is 2.64. The van der Waals surface area contributed by atoms with Crippen molar-refractivity contribution >= 4 is 23.3 Å². The number of likely N-dealkylation sites (tertiary alicyclic amines) is 1. The van der Waals surface area contributed by atoms with Crippen LogP contribution in [-0.2, 0) is 4.79 Å². The van der Waals surface area contributed by atoms with E-state index >= 15 is 0 Å². The molecule has 1 fully saturated rings. The van der Waals surface area contributed by atoms with Gasteiger partial charge in [-0.1, -0.05) is 35.9 Å². The summed E-state index contributed by atoms with van der Waals surface area (Å²) in [7, 11) is 4.06. The number of hydrogen-bond donors (Lipinski definition) is 1. The minimum Gasteiger partial charge on any atom is -0.481 e. The number of benzene rings is 2. The predicted molar refractivity (Wildman–Crippen MR) is 106 cm³/mol. The lowest BCUT2D eigenvalue weighted by molar-refractivity contribution is -0.143. The Bertz CT molecular complexity index is 736. The summed E-state index contributed by atoms with van der Waals surface area (Å²) in [5.41, 5.74) is 3.56. The molecular weight excluding hydrogens is 348 g/mol. The van der Waals surface area contributed by atoms with Crippen LogP contribution in [0.15, 0.2) is 48.5 Å². The molecule has 2 aromatic rings. The molecule has 0 amide bonds. The van der Waals surface area contributed by atoms with Gasteiger partial charge in [-0.3, -0.25) is 9.69 Å². The molecule has 0 aromatic heterocycles. The third-order valence-electron chi connectivity index (χ3n) is 5.15. The van der Waals surface area contributed by atoms with Crippen molar-refractivity contribution in [2.45, 2.75) is 18.9 Å². The zero-order chi connectivity index (χ0) is 18.7. The summed E-state index contributed by atoms with van der Waals surface area (Å²) in [5, 5.41) is 9.99. The summed E-state index contributed by atoms with van der Waals surface area (Å²) < 4.78 is 0. The number of aliphatic carboxylic acids is 1. The Labute approximate surface area is 160 Å². The lowest BCUT2D eigenvalue weighted by Crippen LogP contribution is -2.39. The second-order valence-corrected chi connectivity index (χ2v) is 7.52.